The van der Waals surface area contributed by atoms with Crippen molar-refractivity contribution < 1.29 is 19.2 Å². The Morgan fingerprint density at radius 2 is 2.35 bits per heavy atom. The summed E-state index contributed by atoms with van der Waals surface area (Å²) in [5, 5.41) is 14.9. The molecule has 17 heavy (non-hydrogen) atoms. The molecule has 1 aliphatic carbocycles. The number of hydrogen-bond acceptors (Lipinski definition) is 4. The number of nitrogens with zero attached hydrogens (tertiary/aromatic N) is 1. The maximum Gasteiger partial charge on any atom is 0.326 e. The second kappa shape index (κ2) is 4.57. The first-order valence-electron chi connectivity index (χ1n) is 5.62. The first kappa shape index (κ1) is 11.6. The summed E-state index contributed by atoms with van der Waals surface area (Å²) < 4.78 is 5.03. The molecule has 0 radical (unpaired) electrons. The highest BCUT2D eigenvalue weighted by Crippen LogP contribution is 2.40. The Morgan fingerprint density at radius 1 is 1.65 bits per heavy atom. The third kappa shape index (κ3) is 2.64. The van der Waals surface area contributed by atoms with Gasteiger partial charge in [-0.3, -0.25) is 4.79 Å². The Kier molecular flexibility index (Phi) is 3.12. The standard InChI is InChI=1S/C11H14N2O4/c1-2-7(11(15)16)12-10(14)8-5-9(17-13-8)6-3-4-6/h5-7H,2-4H2,1H3,(H,12,14)(H,15,16)/t7-/m0/s1. The maximum absolute atomic E-state index is 11.7. The van der Waals surface area contributed by atoms with E-state index in [1.54, 1.807) is 13.0 Å². The van der Waals surface area contributed by atoms with Gasteiger partial charge in [0.15, 0.2) is 5.69 Å². The number of carbonyl (C=O) groups excluding carboxylic acids is 1. The van der Waals surface area contributed by atoms with Crippen molar-refractivity contribution in [2.24, 2.45) is 0 Å². The number of carbonyl (C=O) groups is 2. The number of rotatable bonds is 5. The van der Waals surface area contributed by atoms with Gasteiger partial charge >= 0.3 is 5.97 Å². The Morgan fingerprint density at radius 3 is 2.88 bits per heavy atom. The Labute approximate surface area is 98.0 Å². The van der Waals surface area contributed by atoms with E-state index in [0.29, 0.717) is 18.1 Å². The largest absolute Gasteiger partial charge is 0.480 e. The Balaban J connectivity index is 2.00. The summed E-state index contributed by atoms with van der Waals surface area (Å²) in [4.78, 5) is 22.4. The molecule has 0 bridgehead atoms. The zero-order valence-corrected chi connectivity index (χ0v) is 9.47. The maximum atomic E-state index is 11.7. The van der Waals surface area contributed by atoms with Gasteiger partial charge in [0.25, 0.3) is 5.91 Å². The number of aromatic nitrogens is 1. The predicted octanol–water partition coefficient (Wildman–Crippen LogP) is 1.15. The molecular formula is C11H14N2O4. The lowest BCUT2D eigenvalue weighted by atomic mass is 10.2. The van der Waals surface area contributed by atoms with E-state index in [-0.39, 0.29) is 5.69 Å². The first-order chi connectivity index (χ1) is 8.11. The molecule has 1 saturated carbocycles. The second-order valence-corrected chi connectivity index (χ2v) is 4.16. The summed E-state index contributed by atoms with van der Waals surface area (Å²) in [6.07, 6.45) is 2.44. The van der Waals surface area contributed by atoms with Crippen LogP contribution in [-0.2, 0) is 4.79 Å². The molecule has 1 heterocycles. The number of nitrogens with one attached hydrogen (secondary N) is 1. The van der Waals surface area contributed by atoms with Gasteiger partial charge in [0.05, 0.1) is 0 Å². The predicted molar refractivity (Wildman–Crippen MR) is 57.7 cm³/mol. The fourth-order valence-corrected chi connectivity index (χ4v) is 1.53. The molecule has 92 valence electrons. The van der Waals surface area contributed by atoms with Gasteiger partial charge in [-0.1, -0.05) is 12.1 Å². The van der Waals surface area contributed by atoms with Gasteiger partial charge in [-0.15, -0.1) is 0 Å². The van der Waals surface area contributed by atoms with Crippen molar-refractivity contribution in [1.82, 2.24) is 10.5 Å². The van der Waals surface area contributed by atoms with Crippen LogP contribution in [-0.4, -0.2) is 28.2 Å². The fourth-order valence-electron chi connectivity index (χ4n) is 1.53. The minimum atomic E-state index is -1.05. The molecule has 1 aromatic rings. The van der Waals surface area contributed by atoms with Crippen LogP contribution in [0.5, 0.6) is 0 Å². The lowest BCUT2D eigenvalue weighted by Gasteiger charge is -2.10. The molecule has 1 amide bonds. The zero-order valence-electron chi connectivity index (χ0n) is 9.47. The molecule has 0 aliphatic heterocycles. The molecule has 2 N–H and O–H groups in total. The molecule has 0 saturated heterocycles. The number of carboxylic acids is 1. The van der Waals surface area contributed by atoms with Crippen LogP contribution in [0.1, 0.15) is 48.4 Å². The van der Waals surface area contributed by atoms with Crippen LogP contribution in [0.3, 0.4) is 0 Å². The summed E-state index contributed by atoms with van der Waals surface area (Å²) in [6.45, 7) is 1.69. The molecule has 6 nitrogen and oxygen atoms in total. The van der Waals surface area contributed by atoms with Crippen LogP contribution in [0.4, 0.5) is 0 Å². The van der Waals surface area contributed by atoms with Crippen LogP contribution >= 0.6 is 0 Å². The van der Waals surface area contributed by atoms with Crippen LogP contribution in [0.25, 0.3) is 0 Å². The smallest absolute Gasteiger partial charge is 0.326 e. The van der Waals surface area contributed by atoms with Crippen LogP contribution in [0.2, 0.25) is 0 Å². The molecule has 1 atom stereocenters. The fraction of sp³-hybridized carbons (Fsp3) is 0.545. The van der Waals surface area contributed by atoms with Crippen molar-refractivity contribution in [3.63, 3.8) is 0 Å². The van der Waals surface area contributed by atoms with E-state index in [1.807, 2.05) is 0 Å². The van der Waals surface area contributed by atoms with Crippen molar-refractivity contribution in [2.45, 2.75) is 38.1 Å². The molecule has 6 heteroatoms. The highest BCUT2D eigenvalue weighted by Gasteiger charge is 2.29. The monoisotopic (exact) mass is 238 g/mol. The molecule has 0 aromatic carbocycles. The number of aliphatic carboxylic acids is 1. The van der Waals surface area contributed by atoms with Crippen LogP contribution in [0.15, 0.2) is 10.6 Å². The van der Waals surface area contributed by atoms with Gasteiger partial charge in [0.2, 0.25) is 0 Å². The van der Waals surface area contributed by atoms with Crippen molar-refractivity contribution in [2.75, 3.05) is 0 Å². The van der Waals surface area contributed by atoms with E-state index < -0.39 is 17.9 Å². The number of amides is 1. The third-order valence-electron chi connectivity index (χ3n) is 2.75. The lowest BCUT2D eigenvalue weighted by Crippen LogP contribution is -2.40. The van der Waals surface area contributed by atoms with Gasteiger partial charge in [-0.05, 0) is 19.3 Å². The summed E-state index contributed by atoms with van der Waals surface area (Å²) >= 11 is 0. The SMILES string of the molecule is CC[C@H](NC(=O)c1cc(C2CC2)on1)C(=O)O. The highest BCUT2D eigenvalue weighted by atomic mass is 16.5. The molecule has 2 rings (SSSR count). The minimum Gasteiger partial charge on any atom is -0.480 e. The van der Waals surface area contributed by atoms with Gasteiger partial charge in [0, 0.05) is 12.0 Å². The van der Waals surface area contributed by atoms with E-state index in [4.69, 9.17) is 9.63 Å². The van der Waals surface area contributed by atoms with Crippen molar-refractivity contribution in [1.29, 1.82) is 0 Å². The zero-order chi connectivity index (χ0) is 12.4. The summed E-state index contributed by atoms with van der Waals surface area (Å²) in [6, 6.07) is 0.699. The van der Waals surface area contributed by atoms with Gasteiger partial charge in [0.1, 0.15) is 11.8 Å². The molecule has 0 spiro atoms. The van der Waals surface area contributed by atoms with E-state index in [2.05, 4.69) is 10.5 Å². The van der Waals surface area contributed by atoms with Crippen LogP contribution < -0.4 is 5.32 Å². The first-order valence-corrected chi connectivity index (χ1v) is 5.62. The van der Waals surface area contributed by atoms with Crippen molar-refractivity contribution >= 4 is 11.9 Å². The normalized spacial score (nSPS) is 16.5. The number of carboxylic acid groups (broad SMARTS) is 1. The lowest BCUT2D eigenvalue weighted by molar-refractivity contribution is -0.139. The van der Waals surface area contributed by atoms with Crippen LogP contribution in [0, 0.1) is 0 Å². The quantitative estimate of drug-likeness (QED) is 0.802. The average molecular weight is 238 g/mol. The second-order valence-electron chi connectivity index (χ2n) is 4.16. The minimum absolute atomic E-state index is 0.145. The Hall–Kier alpha value is -1.85. The summed E-state index contributed by atoms with van der Waals surface area (Å²) in [7, 11) is 0. The van der Waals surface area contributed by atoms with Crippen molar-refractivity contribution in [3.8, 4) is 0 Å². The van der Waals surface area contributed by atoms with E-state index in [9.17, 15) is 9.59 Å². The molecule has 1 aliphatic rings. The Bertz CT molecular complexity index is 436. The van der Waals surface area contributed by atoms with E-state index in [0.717, 1.165) is 12.8 Å². The van der Waals surface area contributed by atoms with Gasteiger partial charge in [-0.25, -0.2) is 4.79 Å². The van der Waals surface area contributed by atoms with E-state index in [1.165, 1.54) is 0 Å². The van der Waals surface area contributed by atoms with Crippen molar-refractivity contribution in [3.05, 3.63) is 17.5 Å². The summed E-state index contributed by atoms with van der Waals surface area (Å²) in [5.41, 5.74) is 0.145. The van der Waals surface area contributed by atoms with Gasteiger partial charge in [-0.2, -0.15) is 0 Å². The highest BCUT2D eigenvalue weighted by molar-refractivity contribution is 5.94. The number of hydrogen-bond donors (Lipinski definition) is 2. The molecule has 1 aromatic heterocycles. The average Bonchev–Trinajstić information content (AvgIpc) is 3.03. The molecular weight excluding hydrogens is 224 g/mol. The summed E-state index contributed by atoms with van der Waals surface area (Å²) in [5.74, 6) is -0.467. The van der Waals surface area contributed by atoms with E-state index >= 15 is 0 Å². The topological polar surface area (TPSA) is 92.4 Å². The third-order valence-corrected chi connectivity index (χ3v) is 2.75. The van der Waals surface area contributed by atoms with Gasteiger partial charge < -0.3 is 14.9 Å². The molecule has 1 fully saturated rings. The molecule has 0 unspecified atom stereocenters.